The number of carbonyl (C=O) groups excluding carboxylic acids is 1. The lowest BCUT2D eigenvalue weighted by Crippen LogP contribution is -2.22. The van der Waals surface area contributed by atoms with Gasteiger partial charge in [0.15, 0.2) is 0 Å². The third-order valence-corrected chi connectivity index (χ3v) is 3.59. The first-order valence-electron chi connectivity index (χ1n) is 5.13. The summed E-state index contributed by atoms with van der Waals surface area (Å²) < 4.78 is 4.97. The second-order valence-corrected chi connectivity index (χ2v) is 4.56. The quantitative estimate of drug-likeness (QED) is 0.662. The number of esters is 1. The number of ether oxygens (including phenoxy) is 1. The van der Waals surface area contributed by atoms with E-state index in [1.807, 2.05) is 13.8 Å². The van der Waals surface area contributed by atoms with Crippen LogP contribution in [-0.2, 0) is 9.53 Å². The molecule has 2 unspecified atom stereocenters. The molecule has 0 rings (SSSR count). The molecule has 0 saturated carbocycles. The summed E-state index contributed by atoms with van der Waals surface area (Å²) >= 11 is 1.65. The van der Waals surface area contributed by atoms with E-state index in [9.17, 15) is 4.79 Å². The highest BCUT2D eigenvalue weighted by Crippen LogP contribution is 2.18. The first-order chi connectivity index (χ1) is 6.65. The van der Waals surface area contributed by atoms with Gasteiger partial charge in [-0.05, 0) is 31.6 Å². The fraction of sp³-hybridized carbons (Fsp3) is 0.900. The van der Waals surface area contributed by atoms with Gasteiger partial charge in [0, 0.05) is 0 Å². The van der Waals surface area contributed by atoms with Crippen molar-refractivity contribution in [1.29, 1.82) is 0 Å². The molecule has 84 valence electrons. The lowest BCUT2D eigenvalue weighted by molar-refractivity contribution is -0.142. The van der Waals surface area contributed by atoms with Gasteiger partial charge in [-0.1, -0.05) is 13.8 Å². The molecule has 0 aliphatic rings. The van der Waals surface area contributed by atoms with Crippen molar-refractivity contribution in [3.63, 3.8) is 0 Å². The second-order valence-electron chi connectivity index (χ2n) is 3.32. The summed E-state index contributed by atoms with van der Waals surface area (Å²) in [5.74, 6) is 1.29. The van der Waals surface area contributed by atoms with Crippen molar-refractivity contribution >= 4 is 17.7 Å². The molecule has 2 atom stereocenters. The number of thioether (sulfide) groups is 1. The fourth-order valence-corrected chi connectivity index (χ4v) is 2.07. The van der Waals surface area contributed by atoms with E-state index in [1.54, 1.807) is 11.8 Å². The van der Waals surface area contributed by atoms with Crippen LogP contribution < -0.4 is 5.73 Å². The summed E-state index contributed by atoms with van der Waals surface area (Å²) in [6.07, 6.45) is 0.820. The van der Waals surface area contributed by atoms with Crippen LogP contribution in [0.1, 0.15) is 27.2 Å². The summed E-state index contributed by atoms with van der Waals surface area (Å²) in [5, 5.41) is -0.0241. The van der Waals surface area contributed by atoms with E-state index in [-0.39, 0.29) is 11.2 Å². The van der Waals surface area contributed by atoms with Gasteiger partial charge in [-0.15, -0.1) is 11.8 Å². The highest BCUT2D eigenvalue weighted by Gasteiger charge is 2.18. The number of nitrogens with two attached hydrogens (primary N) is 1. The smallest absolute Gasteiger partial charge is 0.319 e. The van der Waals surface area contributed by atoms with E-state index in [4.69, 9.17) is 10.5 Å². The lowest BCUT2D eigenvalue weighted by atomic mass is 10.2. The maximum atomic E-state index is 11.4. The summed E-state index contributed by atoms with van der Waals surface area (Å²) in [6.45, 7) is 7.05. The Morgan fingerprint density at radius 3 is 2.57 bits per heavy atom. The third-order valence-electron chi connectivity index (χ3n) is 1.90. The van der Waals surface area contributed by atoms with E-state index >= 15 is 0 Å². The molecule has 0 saturated heterocycles. The average molecular weight is 219 g/mol. The van der Waals surface area contributed by atoms with Crippen molar-refractivity contribution < 1.29 is 9.53 Å². The zero-order valence-corrected chi connectivity index (χ0v) is 10.1. The third kappa shape index (κ3) is 5.50. The molecule has 4 heteroatoms. The van der Waals surface area contributed by atoms with E-state index < -0.39 is 0 Å². The van der Waals surface area contributed by atoms with Gasteiger partial charge < -0.3 is 10.5 Å². The molecule has 14 heavy (non-hydrogen) atoms. The van der Waals surface area contributed by atoms with Crippen LogP contribution >= 0.6 is 11.8 Å². The van der Waals surface area contributed by atoms with Gasteiger partial charge in [0.25, 0.3) is 0 Å². The van der Waals surface area contributed by atoms with Gasteiger partial charge >= 0.3 is 5.97 Å². The highest BCUT2D eigenvalue weighted by atomic mass is 32.2. The second kappa shape index (κ2) is 8.12. The first kappa shape index (κ1) is 13.8. The summed E-state index contributed by atoms with van der Waals surface area (Å²) in [4.78, 5) is 11.4. The molecule has 2 N–H and O–H groups in total. The Bertz CT molecular complexity index is 164. The predicted molar refractivity (Wildman–Crippen MR) is 61.4 cm³/mol. The maximum absolute atomic E-state index is 11.4. The van der Waals surface area contributed by atoms with Crippen molar-refractivity contribution in [3.05, 3.63) is 0 Å². The molecule has 0 aliphatic heterocycles. The van der Waals surface area contributed by atoms with Gasteiger partial charge in [0.2, 0.25) is 0 Å². The maximum Gasteiger partial charge on any atom is 0.319 e. The Labute approximate surface area is 90.8 Å². The van der Waals surface area contributed by atoms with Crippen LogP contribution in [-0.4, -0.2) is 30.1 Å². The minimum absolute atomic E-state index is 0.0241. The van der Waals surface area contributed by atoms with E-state index in [0.29, 0.717) is 19.1 Å². The Balaban J connectivity index is 3.84. The Hall–Kier alpha value is -0.220. The highest BCUT2D eigenvalue weighted by molar-refractivity contribution is 8.00. The van der Waals surface area contributed by atoms with Crippen LogP contribution in [0.4, 0.5) is 0 Å². The molecule has 0 aromatic carbocycles. The standard InChI is InChI=1S/C10H21NO2S/c1-4-9(10(12)13-5-2)14-7-8(3)6-11/h8-9H,4-7,11H2,1-3H3. The van der Waals surface area contributed by atoms with E-state index in [2.05, 4.69) is 6.92 Å². The molecule has 0 spiro atoms. The van der Waals surface area contributed by atoms with Gasteiger partial charge in [-0.2, -0.15) is 0 Å². The van der Waals surface area contributed by atoms with Crippen LogP contribution in [0.3, 0.4) is 0 Å². The molecule has 0 bridgehead atoms. The monoisotopic (exact) mass is 219 g/mol. The molecular weight excluding hydrogens is 198 g/mol. The molecule has 0 radical (unpaired) electrons. The van der Waals surface area contributed by atoms with E-state index in [1.165, 1.54) is 0 Å². The van der Waals surface area contributed by atoms with Gasteiger partial charge in [0.1, 0.15) is 5.25 Å². The SMILES string of the molecule is CCOC(=O)C(CC)SCC(C)CN. The molecule has 0 amide bonds. The molecule has 0 aromatic heterocycles. The Morgan fingerprint density at radius 2 is 2.14 bits per heavy atom. The summed E-state index contributed by atoms with van der Waals surface area (Å²) in [6, 6.07) is 0. The largest absolute Gasteiger partial charge is 0.465 e. The minimum Gasteiger partial charge on any atom is -0.465 e. The van der Waals surface area contributed by atoms with Crippen LogP contribution in [0.5, 0.6) is 0 Å². The number of carbonyl (C=O) groups is 1. The lowest BCUT2D eigenvalue weighted by Gasteiger charge is -2.15. The number of rotatable bonds is 7. The molecule has 3 nitrogen and oxygen atoms in total. The predicted octanol–water partition coefficient (Wildman–Crippen LogP) is 1.66. The van der Waals surface area contributed by atoms with Crippen molar-refractivity contribution in [3.8, 4) is 0 Å². The van der Waals surface area contributed by atoms with Gasteiger partial charge in [0.05, 0.1) is 6.61 Å². The van der Waals surface area contributed by atoms with Gasteiger partial charge in [-0.3, -0.25) is 4.79 Å². The molecule has 0 aromatic rings. The first-order valence-corrected chi connectivity index (χ1v) is 6.18. The van der Waals surface area contributed by atoms with Crippen LogP contribution in [0.25, 0.3) is 0 Å². The fourth-order valence-electron chi connectivity index (χ4n) is 0.936. The normalized spacial score (nSPS) is 14.9. The molecule has 0 heterocycles. The van der Waals surface area contributed by atoms with E-state index in [0.717, 1.165) is 12.2 Å². The van der Waals surface area contributed by atoms with Crippen LogP contribution in [0.2, 0.25) is 0 Å². The van der Waals surface area contributed by atoms with Crippen molar-refractivity contribution in [2.24, 2.45) is 11.7 Å². The summed E-state index contributed by atoms with van der Waals surface area (Å²) in [7, 11) is 0. The number of hydrogen-bond acceptors (Lipinski definition) is 4. The summed E-state index contributed by atoms with van der Waals surface area (Å²) in [5.41, 5.74) is 5.50. The van der Waals surface area contributed by atoms with Gasteiger partial charge in [-0.25, -0.2) is 0 Å². The van der Waals surface area contributed by atoms with Crippen LogP contribution in [0, 0.1) is 5.92 Å². The Kier molecular flexibility index (Phi) is 7.99. The van der Waals surface area contributed by atoms with Crippen molar-refractivity contribution in [1.82, 2.24) is 0 Å². The average Bonchev–Trinajstić information content (AvgIpc) is 2.18. The number of hydrogen-bond donors (Lipinski definition) is 1. The van der Waals surface area contributed by atoms with Crippen LogP contribution in [0.15, 0.2) is 0 Å². The zero-order chi connectivity index (χ0) is 11.0. The topological polar surface area (TPSA) is 52.3 Å². The molecule has 0 fully saturated rings. The molecule has 0 aliphatic carbocycles. The minimum atomic E-state index is -0.0933. The Morgan fingerprint density at radius 1 is 1.50 bits per heavy atom. The van der Waals surface area contributed by atoms with Crippen molar-refractivity contribution in [2.45, 2.75) is 32.4 Å². The molecular formula is C10H21NO2S. The van der Waals surface area contributed by atoms with Crippen molar-refractivity contribution in [2.75, 3.05) is 18.9 Å². The zero-order valence-electron chi connectivity index (χ0n) is 9.29.